The largest absolute Gasteiger partial charge is 0.478 e. The maximum atomic E-state index is 10.9. The summed E-state index contributed by atoms with van der Waals surface area (Å²) in [6.07, 6.45) is 1.71. The third-order valence-electron chi connectivity index (χ3n) is 2.52. The standard InChI is InChI=1S/C13H8N2O2S/c16-13(17)8-4-5-11-10(7-8)15-12(18-11)9-3-1-2-6-14-9/h1-7H,(H,16,17). The number of aromatic carboxylic acids is 1. The number of carboxylic acid groups (broad SMARTS) is 1. The quantitative estimate of drug-likeness (QED) is 0.765. The fourth-order valence-electron chi connectivity index (χ4n) is 1.66. The molecule has 0 aliphatic rings. The van der Waals surface area contributed by atoms with Gasteiger partial charge >= 0.3 is 5.97 Å². The lowest BCUT2D eigenvalue weighted by molar-refractivity contribution is 0.0697. The number of aromatic nitrogens is 2. The van der Waals surface area contributed by atoms with Crippen LogP contribution in [-0.4, -0.2) is 21.0 Å². The van der Waals surface area contributed by atoms with E-state index in [1.807, 2.05) is 18.2 Å². The van der Waals surface area contributed by atoms with Crippen LogP contribution in [0.3, 0.4) is 0 Å². The summed E-state index contributed by atoms with van der Waals surface area (Å²) in [6, 6.07) is 10.6. The molecule has 0 unspecified atom stereocenters. The summed E-state index contributed by atoms with van der Waals surface area (Å²) in [4.78, 5) is 19.5. The Morgan fingerprint density at radius 1 is 1.22 bits per heavy atom. The van der Waals surface area contributed by atoms with Crippen LogP contribution in [0.4, 0.5) is 0 Å². The van der Waals surface area contributed by atoms with Crippen molar-refractivity contribution in [2.24, 2.45) is 0 Å². The molecule has 0 saturated heterocycles. The molecule has 0 fully saturated rings. The van der Waals surface area contributed by atoms with Crippen LogP contribution >= 0.6 is 11.3 Å². The molecule has 0 amide bonds. The van der Waals surface area contributed by atoms with E-state index in [9.17, 15) is 4.79 Å². The summed E-state index contributed by atoms with van der Waals surface area (Å²) in [5.41, 5.74) is 1.75. The normalized spacial score (nSPS) is 10.7. The first kappa shape index (κ1) is 10.9. The third kappa shape index (κ3) is 1.84. The molecule has 0 saturated carbocycles. The maximum Gasteiger partial charge on any atom is 0.335 e. The van der Waals surface area contributed by atoms with Crippen molar-refractivity contribution < 1.29 is 9.90 Å². The third-order valence-corrected chi connectivity index (χ3v) is 3.58. The van der Waals surface area contributed by atoms with Crippen molar-refractivity contribution >= 4 is 27.5 Å². The zero-order chi connectivity index (χ0) is 12.5. The number of benzene rings is 1. The molecule has 5 heteroatoms. The first-order chi connectivity index (χ1) is 8.74. The highest BCUT2D eigenvalue weighted by Crippen LogP contribution is 2.29. The Bertz CT molecular complexity index is 722. The van der Waals surface area contributed by atoms with Gasteiger partial charge < -0.3 is 5.11 Å². The lowest BCUT2D eigenvalue weighted by Gasteiger charge is -1.92. The minimum atomic E-state index is -0.940. The molecule has 3 aromatic rings. The van der Waals surface area contributed by atoms with E-state index in [-0.39, 0.29) is 5.56 Å². The van der Waals surface area contributed by atoms with E-state index in [4.69, 9.17) is 5.11 Å². The molecule has 0 atom stereocenters. The Labute approximate surface area is 107 Å². The SMILES string of the molecule is O=C(O)c1ccc2sc(-c3ccccn3)nc2c1. The molecule has 88 valence electrons. The van der Waals surface area contributed by atoms with Crippen LogP contribution < -0.4 is 0 Å². The summed E-state index contributed by atoms with van der Waals surface area (Å²) >= 11 is 1.50. The lowest BCUT2D eigenvalue weighted by Crippen LogP contribution is -1.94. The summed E-state index contributed by atoms with van der Waals surface area (Å²) in [5, 5.41) is 9.73. The number of hydrogen-bond donors (Lipinski definition) is 1. The van der Waals surface area contributed by atoms with Gasteiger partial charge in [-0.15, -0.1) is 11.3 Å². The first-order valence-corrected chi connectivity index (χ1v) is 6.11. The molecule has 1 aromatic carbocycles. The zero-order valence-electron chi connectivity index (χ0n) is 9.20. The lowest BCUT2D eigenvalue weighted by atomic mass is 10.2. The minimum absolute atomic E-state index is 0.250. The van der Waals surface area contributed by atoms with Gasteiger partial charge in [0.2, 0.25) is 0 Å². The van der Waals surface area contributed by atoms with Crippen molar-refractivity contribution in [1.29, 1.82) is 0 Å². The summed E-state index contributed by atoms with van der Waals surface area (Å²) in [6.45, 7) is 0. The van der Waals surface area contributed by atoms with E-state index in [0.717, 1.165) is 15.4 Å². The topological polar surface area (TPSA) is 63.1 Å². The van der Waals surface area contributed by atoms with Crippen molar-refractivity contribution in [3.8, 4) is 10.7 Å². The number of thiazole rings is 1. The smallest absolute Gasteiger partial charge is 0.335 e. The van der Waals surface area contributed by atoms with Crippen LogP contribution in [0, 0.1) is 0 Å². The fraction of sp³-hybridized carbons (Fsp3) is 0. The van der Waals surface area contributed by atoms with Gasteiger partial charge in [-0.05, 0) is 30.3 Å². The van der Waals surface area contributed by atoms with Crippen molar-refractivity contribution in [3.05, 3.63) is 48.2 Å². The van der Waals surface area contributed by atoms with Crippen molar-refractivity contribution in [1.82, 2.24) is 9.97 Å². The van der Waals surface area contributed by atoms with Gasteiger partial charge in [0.25, 0.3) is 0 Å². The number of fused-ring (bicyclic) bond motifs is 1. The van der Waals surface area contributed by atoms with E-state index in [1.165, 1.54) is 11.3 Å². The number of nitrogens with zero attached hydrogens (tertiary/aromatic N) is 2. The number of pyridine rings is 1. The molecule has 2 heterocycles. The molecular weight excluding hydrogens is 248 g/mol. The van der Waals surface area contributed by atoms with Gasteiger partial charge in [-0.2, -0.15) is 0 Å². The second-order valence-electron chi connectivity index (χ2n) is 3.72. The predicted molar refractivity (Wildman–Crippen MR) is 69.8 cm³/mol. The average molecular weight is 256 g/mol. The molecule has 3 rings (SSSR count). The van der Waals surface area contributed by atoms with E-state index in [2.05, 4.69) is 9.97 Å². The summed E-state index contributed by atoms with van der Waals surface area (Å²) < 4.78 is 0.959. The highest BCUT2D eigenvalue weighted by Gasteiger charge is 2.09. The monoisotopic (exact) mass is 256 g/mol. The van der Waals surface area contributed by atoms with Crippen LogP contribution in [-0.2, 0) is 0 Å². The molecule has 0 bridgehead atoms. The van der Waals surface area contributed by atoms with Crippen LogP contribution in [0.25, 0.3) is 20.9 Å². The van der Waals surface area contributed by atoms with Gasteiger partial charge in [-0.25, -0.2) is 9.78 Å². The van der Waals surface area contributed by atoms with Crippen LogP contribution in [0.15, 0.2) is 42.6 Å². The molecule has 4 nitrogen and oxygen atoms in total. The van der Waals surface area contributed by atoms with Crippen molar-refractivity contribution in [2.45, 2.75) is 0 Å². The van der Waals surface area contributed by atoms with E-state index >= 15 is 0 Å². The molecule has 0 aliphatic carbocycles. The van der Waals surface area contributed by atoms with E-state index < -0.39 is 5.97 Å². The van der Waals surface area contributed by atoms with Crippen molar-refractivity contribution in [3.63, 3.8) is 0 Å². The average Bonchev–Trinajstić information content (AvgIpc) is 2.82. The Morgan fingerprint density at radius 2 is 2.11 bits per heavy atom. The highest BCUT2D eigenvalue weighted by molar-refractivity contribution is 7.21. The number of hydrogen-bond acceptors (Lipinski definition) is 4. The van der Waals surface area contributed by atoms with Gasteiger partial charge in [-0.1, -0.05) is 6.07 Å². The van der Waals surface area contributed by atoms with Crippen molar-refractivity contribution in [2.75, 3.05) is 0 Å². The van der Waals surface area contributed by atoms with Gasteiger partial charge in [-0.3, -0.25) is 4.98 Å². The molecule has 18 heavy (non-hydrogen) atoms. The maximum absolute atomic E-state index is 10.9. The molecule has 0 spiro atoms. The molecule has 1 N–H and O–H groups in total. The number of carboxylic acids is 1. The molecule has 0 aliphatic heterocycles. The second kappa shape index (κ2) is 4.19. The fourth-order valence-corrected chi connectivity index (χ4v) is 2.58. The molecule has 2 aromatic heterocycles. The Hall–Kier alpha value is -2.27. The summed E-state index contributed by atoms with van der Waals surface area (Å²) in [7, 11) is 0. The van der Waals surface area contributed by atoms with E-state index in [1.54, 1.807) is 24.4 Å². The van der Waals surface area contributed by atoms with Crippen LogP contribution in [0.5, 0.6) is 0 Å². The van der Waals surface area contributed by atoms with E-state index in [0.29, 0.717) is 5.52 Å². The second-order valence-corrected chi connectivity index (χ2v) is 4.75. The minimum Gasteiger partial charge on any atom is -0.478 e. The van der Waals surface area contributed by atoms with Crippen LogP contribution in [0.2, 0.25) is 0 Å². The van der Waals surface area contributed by atoms with Gasteiger partial charge in [0.05, 0.1) is 21.5 Å². The number of carbonyl (C=O) groups is 1. The first-order valence-electron chi connectivity index (χ1n) is 5.29. The number of rotatable bonds is 2. The molecular formula is C13H8N2O2S. The van der Waals surface area contributed by atoms with Gasteiger partial charge in [0, 0.05) is 6.20 Å². The Kier molecular flexibility index (Phi) is 2.53. The Balaban J connectivity index is 2.14. The van der Waals surface area contributed by atoms with Crippen LogP contribution in [0.1, 0.15) is 10.4 Å². The van der Waals surface area contributed by atoms with Gasteiger partial charge in [0.1, 0.15) is 5.01 Å². The highest BCUT2D eigenvalue weighted by atomic mass is 32.1. The van der Waals surface area contributed by atoms with Gasteiger partial charge in [0.15, 0.2) is 0 Å². The Morgan fingerprint density at radius 3 is 2.83 bits per heavy atom. The predicted octanol–water partition coefficient (Wildman–Crippen LogP) is 3.06. The zero-order valence-corrected chi connectivity index (χ0v) is 10.0. The molecule has 0 radical (unpaired) electrons. The summed E-state index contributed by atoms with van der Waals surface area (Å²) in [5.74, 6) is -0.940.